The summed E-state index contributed by atoms with van der Waals surface area (Å²) in [6.45, 7) is 6.13. The minimum absolute atomic E-state index is 0.0909. The van der Waals surface area contributed by atoms with Crippen LogP contribution in [0.3, 0.4) is 0 Å². The van der Waals surface area contributed by atoms with Crippen LogP contribution in [0.25, 0.3) is 44.6 Å². The molecule has 0 fully saturated rings. The van der Waals surface area contributed by atoms with Gasteiger partial charge in [-0.1, -0.05) is 61.5 Å². The van der Waals surface area contributed by atoms with Crippen molar-refractivity contribution >= 4 is 28.0 Å². The Bertz CT molecular complexity index is 2560. The van der Waals surface area contributed by atoms with Crippen LogP contribution in [-0.2, 0) is 42.6 Å². The molecule has 0 saturated carbocycles. The molecule has 1 atom stereocenters. The second-order valence-electron chi connectivity index (χ2n) is 13.7. The zero-order valence-electron chi connectivity index (χ0n) is 31.1. The fourth-order valence-electron chi connectivity index (χ4n) is 7.04. The van der Waals surface area contributed by atoms with Crippen LogP contribution in [0.5, 0.6) is 0 Å². The normalized spacial score (nSPS) is 12.0. The molecule has 55 heavy (non-hydrogen) atoms. The molecule has 0 unspecified atom stereocenters. The molecule has 4 aromatic carbocycles. The van der Waals surface area contributed by atoms with Crippen molar-refractivity contribution in [1.29, 1.82) is 0 Å². The van der Waals surface area contributed by atoms with Crippen LogP contribution >= 0.6 is 0 Å². The lowest BCUT2D eigenvalue weighted by Gasteiger charge is -2.13. The standard InChI is InChI=1S/C42H41N5O8/c1-5-11-38-44-39-26(2)22-30(40-43-33-15-8-9-16-34(33)45(40)4)23-35(39)46(38)24-28-18-20-29(21-19-28)31-13-6-7-14-32(31)41(48)52-25-37-36(53-42(49)54-37)17-10-12-27(3)55-47(50)51/h6-9,13-16,18-23,27H,5,10-12,17,24-25H2,1-4H3/t27-/m0/s1. The maximum atomic E-state index is 13.4. The molecule has 3 aromatic heterocycles. The van der Waals surface area contributed by atoms with Crippen LogP contribution in [0.1, 0.15) is 71.9 Å². The zero-order chi connectivity index (χ0) is 38.6. The average molecular weight is 744 g/mol. The summed E-state index contributed by atoms with van der Waals surface area (Å²) in [5, 5.41) is 9.72. The number of hydrogen-bond acceptors (Lipinski definition) is 10. The van der Waals surface area contributed by atoms with Crippen molar-refractivity contribution in [2.75, 3.05) is 0 Å². The number of carbonyl (C=O) groups is 1. The van der Waals surface area contributed by atoms with Gasteiger partial charge >= 0.3 is 11.8 Å². The molecule has 0 amide bonds. The molecule has 0 aliphatic rings. The van der Waals surface area contributed by atoms with Gasteiger partial charge in [0.25, 0.3) is 5.09 Å². The number of hydrogen-bond donors (Lipinski definition) is 0. The molecule has 0 bridgehead atoms. The molecule has 7 aromatic rings. The van der Waals surface area contributed by atoms with Crippen molar-refractivity contribution in [3.8, 4) is 22.5 Å². The highest BCUT2D eigenvalue weighted by atomic mass is 17.0. The number of rotatable bonds is 15. The summed E-state index contributed by atoms with van der Waals surface area (Å²) in [6, 6.07) is 27.8. The lowest BCUT2D eigenvalue weighted by atomic mass is 9.98. The van der Waals surface area contributed by atoms with Crippen LogP contribution < -0.4 is 5.82 Å². The molecule has 282 valence electrons. The summed E-state index contributed by atoms with van der Waals surface area (Å²) in [4.78, 5) is 50.4. The van der Waals surface area contributed by atoms with Crippen LogP contribution in [0.4, 0.5) is 0 Å². The molecule has 0 aliphatic heterocycles. The van der Waals surface area contributed by atoms with E-state index in [1.54, 1.807) is 19.1 Å². The quantitative estimate of drug-likeness (QED) is 0.0567. The molecule has 0 aliphatic carbocycles. The van der Waals surface area contributed by atoms with Gasteiger partial charge in [0.1, 0.15) is 17.8 Å². The minimum Gasteiger partial charge on any atom is -0.454 e. The van der Waals surface area contributed by atoms with E-state index in [1.807, 2.05) is 49.5 Å². The minimum atomic E-state index is -0.918. The summed E-state index contributed by atoms with van der Waals surface area (Å²) in [5.74, 6) is 0.727. The van der Waals surface area contributed by atoms with E-state index in [0.29, 0.717) is 30.5 Å². The van der Waals surface area contributed by atoms with Crippen molar-refractivity contribution in [3.63, 3.8) is 0 Å². The molecule has 3 heterocycles. The Morgan fingerprint density at radius 1 is 0.927 bits per heavy atom. The van der Waals surface area contributed by atoms with E-state index in [2.05, 4.69) is 58.2 Å². The Morgan fingerprint density at radius 3 is 2.44 bits per heavy atom. The van der Waals surface area contributed by atoms with Gasteiger partial charge in [-0.25, -0.2) is 19.6 Å². The average Bonchev–Trinajstić information content (AvgIpc) is 3.83. The van der Waals surface area contributed by atoms with Crippen LogP contribution in [0.15, 0.2) is 98.6 Å². The Kier molecular flexibility index (Phi) is 10.6. The van der Waals surface area contributed by atoms with Gasteiger partial charge in [0, 0.05) is 32.0 Å². The first-order chi connectivity index (χ1) is 26.6. The first-order valence-corrected chi connectivity index (χ1v) is 18.3. The third-order valence-corrected chi connectivity index (χ3v) is 9.73. The molecular formula is C42H41N5O8. The summed E-state index contributed by atoms with van der Waals surface area (Å²) in [7, 11) is 2.05. The fraction of sp³-hybridized carbons (Fsp3) is 0.286. The van der Waals surface area contributed by atoms with Crippen molar-refractivity contribution in [2.45, 2.75) is 72.1 Å². The van der Waals surface area contributed by atoms with E-state index >= 15 is 0 Å². The number of aromatic nitrogens is 4. The third-order valence-electron chi connectivity index (χ3n) is 9.73. The number of fused-ring (bicyclic) bond motifs is 2. The summed E-state index contributed by atoms with van der Waals surface area (Å²) in [5.41, 5.74) is 9.15. The summed E-state index contributed by atoms with van der Waals surface area (Å²) >= 11 is 0. The Hall–Kier alpha value is -6.50. The Labute approximate surface area is 316 Å². The van der Waals surface area contributed by atoms with Gasteiger partial charge in [-0.3, -0.25) is 0 Å². The Morgan fingerprint density at radius 2 is 1.67 bits per heavy atom. The molecule has 0 saturated heterocycles. The topological polar surface area (TPSA) is 158 Å². The number of aryl methyl sites for hydroxylation is 4. The second kappa shape index (κ2) is 15.8. The maximum absolute atomic E-state index is 13.4. The highest BCUT2D eigenvalue weighted by Crippen LogP contribution is 2.31. The molecule has 13 heteroatoms. The van der Waals surface area contributed by atoms with E-state index < -0.39 is 23.0 Å². The van der Waals surface area contributed by atoms with Gasteiger partial charge in [0.2, 0.25) is 0 Å². The molecule has 0 N–H and O–H groups in total. The third kappa shape index (κ3) is 7.91. The first kappa shape index (κ1) is 36.8. The van der Waals surface area contributed by atoms with Crippen LogP contribution in [-0.4, -0.2) is 36.3 Å². The van der Waals surface area contributed by atoms with E-state index in [0.717, 1.165) is 68.8 Å². The van der Waals surface area contributed by atoms with Gasteiger partial charge in [0.05, 0.1) is 27.6 Å². The van der Waals surface area contributed by atoms with Crippen molar-refractivity contribution in [1.82, 2.24) is 19.1 Å². The van der Waals surface area contributed by atoms with Crippen molar-refractivity contribution in [2.24, 2.45) is 7.05 Å². The summed E-state index contributed by atoms with van der Waals surface area (Å²) in [6.07, 6.45) is 2.21. The number of esters is 1. The van der Waals surface area contributed by atoms with Crippen LogP contribution in [0.2, 0.25) is 0 Å². The maximum Gasteiger partial charge on any atom is 0.519 e. The predicted molar refractivity (Wildman–Crippen MR) is 206 cm³/mol. The molecule has 0 radical (unpaired) electrons. The van der Waals surface area contributed by atoms with E-state index in [-0.39, 0.29) is 24.5 Å². The van der Waals surface area contributed by atoms with E-state index in [9.17, 15) is 19.7 Å². The highest BCUT2D eigenvalue weighted by molar-refractivity contribution is 5.97. The lowest BCUT2D eigenvalue weighted by Crippen LogP contribution is -2.13. The number of benzene rings is 4. The smallest absolute Gasteiger partial charge is 0.454 e. The number of para-hydroxylation sites is 2. The summed E-state index contributed by atoms with van der Waals surface area (Å²) < 4.78 is 20.3. The van der Waals surface area contributed by atoms with Crippen molar-refractivity contribution < 1.29 is 28.3 Å². The Balaban J connectivity index is 1.09. The van der Waals surface area contributed by atoms with Crippen LogP contribution in [0, 0.1) is 17.0 Å². The SMILES string of the molecule is CCCc1nc2c(C)cc(-c3nc4ccccc4n3C)cc2n1Cc1ccc(-c2ccccc2C(=O)OCc2oc(=O)oc2CCC[C@H](C)O[N+](=O)[O-])cc1. The van der Waals surface area contributed by atoms with Crippen molar-refractivity contribution in [3.05, 3.63) is 140 Å². The van der Waals surface area contributed by atoms with E-state index in [4.69, 9.17) is 23.5 Å². The largest absolute Gasteiger partial charge is 0.519 e. The first-order valence-electron chi connectivity index (χ1n) is 18.3. The fourth-order valence-corrected chi connectivity index (χ4v) is 7.04. The van der Waals surface area contributed by atoms with E-state index in [1.165, 1.54) is 0 Å². The van der Waals surface area contributed by atoms with Gasteiger partial charge in [-0.15, -0.1) is 10.1 Å². The monoisotopic (exact) mass is 743 g/mol. The number of ether oxygens (including phenoxy) is 1. The zero-order valence-corrected chi connectivity index (χ0v) is 31.1. The van der Waals surface area contributed by atoms with Gasteiger partial charge in [-0.05, 0) is 85.7 Å². The molecule has 13 nitrogen and oxygen atoms in total. The molecule has 0 spiro atoms. The lowest BCUT2D eigenvalue weighted by molar-refractivity contribution is -0.767. The number of nitrogens with zero attached hydrogens (tertiary/aromatic N) is 5. The molecular weight excluding hydrogens is 702 g/mol. The van der Waals surface area contributed by atoms with Gasteiger partial charge in [-0.2, -0.15) is 0 Å². The second-order valence-corrected chi connectivity index (χ2v) is 13.7. The number of carbonyl (C=O) groups excluding carboxylic acids is 1. The van der Waals surface area contributed by atoms with Gasteiger partial charge in [0.15, 0.2) is 18.1 Å². The van der Waals surface area contributed by atoms with Gasteiger partial charge < -0.3 is 27.5 Å². The molecule has 7 rings (SSSR count). The predicted octanol–water partition coefficient (Wildman–Crippen LogP) is 8.39. The highest BCUT2D eigenvalue weighted by Gasteiger charge is 2.20. The number of imidazole rings is 2.